The number of aromatic nitrogens is 2. The quantitative estimate of drug-likeness (QED) is 0.0942. The van der Waals surface area contributed by atoms with Crippen molar-refractivity contribution < 1.29 is 14.5 Å². The molecule has 0 amide bonds. The molecule has 5 nitrogen and oxygen atoms in total. The van der Waals surface area contributed by atoms with Gasteiger partial charge in [-0.05, 0) is 72.9 Å². The highest BCUT2D eigenvalue weighted by Gasteiger charge is 2.21. The molecule has 4 rings (SSSR count). The predicted octanol–water partition coefficient (Wildman–Crippen LogP) is 7.06. The number of benzene rings is 2. The van der Waals surface area contributed by atoms with E-state index in [1.807, 2.05) is 36.4 Å². The molecule has 0 fully saturated rings. The van der Waals surface area contributed by atoms with Gasteiger partial charge in [0.1, 0.15) is 11.4 Å². The fraction of sp³-hybridized carbons (Fsp3) is 0.233. The molecule has 0 bridgehead atoms. The highest BCUT2D eigenvalue weighted by atomic mass is 32.2. The van der Waals surface area contributed by atoms with Gasteiger partial charge in [0.15, 0.2) is 5.69 Å². The number of fused-ring (bicyclic) bond motifs is 1. The second-order valence-corrected chi connectivity index (χ2v) is 10.8. The third kappa shape index (κ3) is 7.37. The number of carboxylic acid groups (broad SMARTS) is 1. The molecular weight excluding hydrogens is 498 g/mol. The summed E-state index contributed by atoms with van der Waals surface area (Å²) >= 11 is 3.50. The first-order chi connectivity index (χ1) is 18.0. The Hall–Kier alpha value is -3.29. The van der Waals surface area contributed by atoms with Crippen molar-refractivity contribution in [1.29, 1.82) is 0 Å². The van der Waals surface area contributed by atoms with Crippen molar-refractivity contribution in [1.82, 2.24) is 4.98 Å². The summed E-state index contributed by atoms with van der Waals surface area (Å²) in [6.07, 6.45) is 13.1. The van der Waals surface area contributed by atoms with Crippen LogP contribution in [0.2, 0.25) is 0 Å². The summed E-state index contributed by atoms with van der Waals surface area (Å²) in [6.45, 7) is 2.11. The van der Waals surface area contributed by atoms with Gasteiger partial charge in [-0.25, -0.2) is 0 Å². The van der Waals surface area contributed by atoms with Crippen LogP contribution in [0.1, 0.15) is 37.1 Å². The second kappa shape index (κ2) is 13.3. The minimum Gasteiger partial charge on any atom is -0.481 e. The van der Waals surface area contributed by atoms with Crippen LogP contribution < -0.4 is 9.47 Å². The van der Waals surface area contributed by atoms with E-state index < -0.39 is 5.97 Å². The van der Waals surface area contributed by atoms with Gasteiger partial charge in [0.05, 0.1) is 10.7 Å². The topological polar surface area (TPSA) is 57.3 Å². The SMILES string of the molecule is Cc1cc(/C=C/C=C/C=C2/Sc3ccccc3N2C)nc(SCCCCCC(=O)O)[n+]1-c1ccccc1. The highest BCUT2D eigenvalue weighted by Crippen LogP contribution is 2.44. The van der Waals surface area contributed by atoms with Gasteiger partial charge in [0.25, 0.3) is 0 Å². The number of para-hydroxylation sites is 2. The largest absolute Gasteiger partial charge is 0.481 e. The molecule has 1 aliphatic heterocycles. The van der Waals surface area contributed by atoms with E-state index in [0.717, 1.165) is 40.8 Å². The number of rotatable bonds is 11. The molecule has 0 aliphatic carbocycles. The number of anilines is 1. The molecule has 1 aliphatic rings. The lowest BCUT2D eigenvalue weighted by Gasteiger charge is -2.12. The molecule has 3 aromatic rings. The first kappa shape index (κ1) is 26.8. The number of carboxylic acids is 1. The van der Waals surface area contributed by atoms with Crippen LogP contribution in [-0.4, -0.2) is 28.9 Å². The number of hydrogen-bond donors (Lipinski definition) is 1. The number of carbonyl (C=O) groups is 1. The Kier molecular flexibility index (Phi) is 9.63. The molecule has 0 atom stereocenters. The van der Waals surface area contributed by atoms with Crippen LogP contribution in [0.4, 0.5) is 5.69 Å². The standard InChI is InChI=1S/C30H31N3O2S2/c1-23-22-24(14-6-3-9-19-28-32(2)26-17-11-12-18-27(26)37-28)31-30(33(23)25-15-7-4-8-16-25)36-21-13-5-10-20-29(34)35/h3-4,6-9,11-12,14-19,22H,5,10,13,20-21H2,1-2H3/p+1. The molecular formula is C30H32N3O2S2+. The van der Waals surface area contributed by atoms with Crippen LogP contribution in [-0.2, 0) is 4.79 Å². The fourth-order valence-electron chi connectivity index (χ4n) is 4.04. The van der Waals surface area contributed by atoms with Crippen LogP contribution in [0.25, 0.3) is 11.8 Å². The minimum atomic E-state index is -0.726. The Morgan fingerprint density at radius 2 is 1.84 bits per heavy atom. The van der Waals surface area contributed by atoms with E-state index >= 15 is 0 Å². The van der Waals surface area contributed by atoms with E-state index in [4.69, 9.17) is 10.1 Å². The summed E-state index contributed by atoms with van der Waals surface area (Å²) in [6, 6.07) is 20.8. The summed E-state index contributed by atoms with van der Waals surface area (Å²) in [4.78, 5) is 19.2. The molecule has 1 N–H and O–H groups in total. The molecule has 190 valence electrons. The van der Waals surface area contributed by atoms with Crippen molar-refractivity contribution in [3.05, 3.63) is 101 Å². The average molecular weight is 531 g/mol. The third-order valence-electron chi connectivity index (χ3n) is 5.91. The number of allylic oxidation sites excluding steroid dienone is 4. The third-order valence-corrected chi connectivity index (χ3v) is 8.11. The molecule has 0 unspecified atom stereocenters. The van der Waals surface area contributed by atoms with E-state index in [-0.39, 0.29) is 6.42 Å². The smallest absolute Gasteiger partial charge is 0.365 e. The van der Waals surface area contributed by atoms with E-state index in [1.165, 1.54) is 15.6 Å². The summed E-state index contributed by atoms with van der Waals surface area (Å²) in [7, 11) is 2.10. The number of nitrogens with zero attached hydrogens (tertiary/aromatic N) is 3. The summed E-state index contributed by atoms with van der Waals surface area (Å²) < 4.78 is 2.18. The van der Waals surface area contributed by atoms with Gasteiger partial charge in [0, 0.05) is 30.2 Å². The zero-order valence-corrected chi connectivity index (χ0v) is 22.8. The van der Waals surface area contributed by atoms with Crippen LogP contribution in [0.3, 0.4) is 0 Å². The van der Waals surface area contributed by atoms with E-state index in [9.17, 15) is 4.79 Å². The lowest BCUT2D eigenvalue weighted by atomic mass is 10.2. The van der Waals surface area contributed by atoms with Crippen LogP contribution in [0.15, 0.2) is 100 Å². The lowest BCUT2D eigenvalue weighted by molar-refractivity contribution is -0.647. The summed E-state index contributed by atoms with van der Waals surface area (Å²) in [5, 5.41) is 11.0. The van der Waals surface area contributed by atoms with Gasteiger partial charge in [-0.1, -0.05) is 66.7 Å². The van der Waals surface area contributed by atoms with Crippen molar-refractivity contribution in [3.8, 4) is 5.69 Å². The van der Waals surface area contributed by atoms with Gasteiger partial charge >= 0.3 is 11.1 Å². The Labute approximate surface area is 227 Å². The molecule has 0 saturated heterocycles. The maximum absolute atomic E-state index is 10.7. The summed E-state index contributed by atoms with van der Waals surface area (Å²) in [5.41, 5.74) is 4.35. The van der Waals surface area contributed by atoms with Gasteiger partial charge in [-0.15, -0.1) is 0 Å². The van der Waals surface area contributed by atoms with Crippen molar-refractivity contribution >= 4 is 41.3 Å². The summed E-state index contributed by atoms with van der Waals surface area (Å²) in [5.74, 6) is 0.170. The van der Waals surface area contributed by atoms with E-state index in [1.54, 1.807) is 23.5 Å². The van der Waals surface area contributed by atoms with Crippen LogP contribution >= 0.6 is 23.5 Å². The second-order valence-electron chi connectivity index (χ2n) is 8.71. The first-order valence-electron chi connectivity index (χ1n) is 12.4. The number of thioether (sulfide) groups is 2. The average Bonchev–Trinajstić information content (AvgIpc) is 3.21. The molecule has 0 spiro atoms. The van der Waals surface area contributed by atoms with Crippen molar-refractivity contribution in [2.24, 2.45) is 0 Å². The molecule has 1 aromatic heterocycles. The Morgan fingerprint density at radius 3 is 2.62 bits per heavy atom. The van der Waals surface area contributed by atoms with E-state index in [2.05, 4.69) is 78.1 Å². The fourth-order valence-corrected chi connectivity index (χ4v) is 6.18. The zero-order chi connectivity index (χ0) is 26.0. The molecule has 2 heterocycles. The number of unbranched alkanes of at least 4 members (excludes halogenated alkanes) is 2. The maximum atomic E-state index is 10.7. The van der Waals surface area contributed by atoms with Crippen LogP contribution in [0.5, 0.6) is 0 Å². The number of aliphatic carboxylic acids is 1. The van der Waals surface area contributed by atoms with Crippen molar-refractivity contribution in [2.75, 3.05) is 17.7 Å². The van der Waals surface area contributed by atoms with E-state index in [0.29, 0.717) is 6.42 Å². The van der Waals surface area contributed by atoms with Gasteiger partial charge in [-0.3, -0.25) is 4.79 Å². The van der Waals surface area contributed by atoms with Crippen molar-refractivity contribution in [2.45, 2.75) is 42.7 Å². The number of hydrogen-bond acceptors (Lipinski definition) is 5. The van der Waals surface area contributed by atoms with Gasteiger partial charge < -0.3 is 10.0 Å². The van der Waals surface area contributed by atoms with Gasteiger partial charge in [-0.2, -0.15) is 4.57 Å². The Morgan fingerprint density at radius 1 is 1.05 bits per heavy atom. The van der Waals surface area contributed by atoms with Crippen molar-refractivity contribution in [3.63, 3.8) is 0 Å². The molecule has 37 heavy (non-hydrogen) atoms. The number of aryl methyl sites for hydroxylation is 1. The Bertz CT molecular complexity index is 1320. The predicted molar refractivity (Wildman–Crippen MR) is 154 cm³/mol. The van der Waals surface area contributed by atoms with Gasteiger partial charge in [0.2, 0.25) is 0 Å². The molecule has 2 aromatic carbocycles. The molecule has 0 saturated carbocycles. The monoisotopic (exact) mass is 530 g/mol. The normalized spacial score (nSPS) is 14.2. The Balaban J connectivity index is 1.45. The van der Waals surface area contributed by atoms with Crippen LogP contribution in [0, 0.1) is 6.92 Å². The highest BCUT2D eigenvalue weighted by molar-refractivity contribution is 8.03. The lowest BCUT2D eigenvalue weighted by Crippen LogP contribution is -2.38. The molecule has 7 heteroatoms. The minimum absolute atomic E-state index is 0.235. The zero-order valence-electron chi connectivity index (χ0n) is 21.2. The maximum Gasteiger partial charge on any atom is 0.365 e. The molecule has 0 radical (unpaired) electrons. The first-order valence-corrected chi connectivity index (χ1v) is 14.2.